The molecule has 0 N–H and O–H groups in total. The number of hydrogen-bond acceptors (Lipinski definition) is 8. The van der Waals surface area contributed by atoms with E-state index in [0.717, 1.165) is 43.3 Å². The second-order valence-electron chi connectivity index (χ2n) is 27.7. The first-order valence-electron chi connectivity index (χ1n) is 38.5. The van der Waals surface area contributed by atoms with Crippen LogP contribution in [-0.2, 0) is 29.7 Å². The van der Waals surface area contributed by atoms with Crippen molar-refractivity contribution in [2.75, 3.05) is 0 Å². The van der Waals surface area contributed by atoms with Crippen molar-refractivity contribution in [3.63, 3.8) is 0 Å². The molecule has 18 aromatic rings. The second-order valence-corrected chi connectivity index (χ2v) is 38.2. The molecule has 0 bridgehead atoms. The third-order valence-corrected chi connectivity index (χ3v) is 30.0. The summed E-state index contributed by atoms with van der Waals surface area (Å²) in [6.07, 6.45) is 6.19. The second kappa shape index (κ2) is 45.2. The number of oxazole rings is 2. The zero-order chi connectivity index (χ0) is 81.6. The van der Waals surface area contributed by atoms with E-state index in [1.54, 1.807) is 12.4 Å². The Labute approximate surface area is 736 Å². The maximum Gasteiger partial charge on any atom is 0.498 e. The molecule has 592 valence electrons. The Morgan fingerprint density at radius 3 is 0.782 bits per heavy atom. The van der Waals surface area contributed by atoms with Gasteiger partial charge in [-0.05, 0) is 177 Å². The van der Waals surface area contributed by atoms with E-state index in [0.29, 0.717) is 10.3 Å². The van der Waals surface area contributed by atoms with E-state index >= 15 is 0 Å². The van der Waals surface area contributed by atoms with E-state index in [4.69, 9.17) is 41.3 Å². The minimum absolute atomic E-state index is 0. The van der Waals surface area contributed by atoms with E-state index in [-0.39, 0.29) is 31.6 Å². The molecule has 17 heteroatoms. The average molecular weight is 1820 g/mol. The van der Waals surface area contributed by atoms with Gasteiger partial charge in [-0.25, -0.2) is 19.9 Å². The first-order chi connectivity index (χ1) is 57.8. The molecule has 0 spiro atoms. The Morgan fingerprint density at radius 2 is 0.521 bits per heavy atom. The Kier molecular flexibility index (Phi) is 33.5. The van der Waals surface area contributed by atoms with Crippen LogP contribution in [-0.4, -0.2) is 38.3 Å². The van der Waals surface area contributed by atoms with Gasteiger partial charge in [-0.3, -0.25) is 0 Å². The molecule has 14 aromatic carbocycles. The normalized spacial score (nSPS) is 12.1. The van der Waals surface area contributed by atoms with Crippen molar-refractivity contribution < 1.29 is 38.6 Å². The number of pyridine rings is 2. The van der Waals surface area contributed by atoms with Crippen LogP contribution in [0.1, 0.15) is 27.7 Å². The zero-order valence-electron chi connectivity index (χ0n) is 66.0. The number of hydrogen-bond donors (Lipinski definition) is 0. The molecule has 8 nitrogen and oxygen atoms in total. The predicted octanol–water partition coefficient (Wildman–Crippen LogP) is 21.9. The molecule has 0 amide bonds. The number of benzene rings is 14. The molecular weight excluding hydrogens is 1740 g/mol. The molecule has 1 fully saturated rings. The summed E-state index contributed by atoms with van der Waals surface area (Å²) in [5, 5.41) is 17.7. The molecule has 0 unspecified atom stereocenters. The van der Waals surface area contributed by atoms with Gasteiger partial charge in [0.15, 0.2) is 24.0 Å². The quantitative estimate of drug-likeness (QED) is 0.0604. The van der Waals surface area contributed by atoms with Gasteiger partial charge in [-0.2, -0.15) is 0 Å². The van der Waals surface area contributed by atoms with Gasteiger partial charge < -0.3 is 18.1 Å². The molecule has 0 saturated carbocycles. The molecule has 1 saturated heterocycles. The van der Waals surface area contributed by atoms with Crippen molar-refractivity contribution in [2.24, 2.45) is 0 Å². The van der Waals surface area contributed by atoms with Crippen molar-refractivity contribution in [3.8, 4) is 11.1 Å². The molecule has 0 atom stereocenters. The standard InChI is InChI=1S/4C18H15P.C12H7ClN2O.C11H15BClNO2.C7H4BrNO.Pd/c4*1-4-10-16(11-5-1)19(17-12-6-2-7-13-17)18-14-8-3-9-15-18;13-12-9(2-1-5-14-12)8-3-4-11-10(6-8)15-7-16-11;1-10(2)11(3,4)16-12(15-10)8-6-5-7-14-9(8)13;8-5-1-2-7-6(3-5)9-4-10-7;/h4*1-15H;1-7H;5-7H,1-4H3;1-4H;. The maximum absolute atomic E-state index is 6.03. The van der Waals surface area contributed by atoms with Crippen molar-refractivity contribution in [1.82, 2.24) is 19.9 Å². The topological polar surface area (TPSA) is 96.3 Å². The molecule has 1 aliphatic heterocycles. The van der Waals surface area contributed by atoms with Gasteiger partial charge in [-0.15, -0.1) is 0 Å². The Morgan fingerprint density at radius 1 is 0.277 bits per heavy atom. The Bertz CT molecular complexity index is 5110. The number of fused-ring (bicyclic) bond motifs is 2. The fourth-order valence-corrected chi connectivity index (χ4v) is 22.7. The van der Waals surface area contributed by atoms with Crippen LogP contribution < -0.4 is 69.1 Å². The largest absolute Gasteiger partial charge is 0.498 e. The molecule has 0 radical (unpaired) electrons. The number of halogens is 3. The molecule has 0 aliphatic carbocycles. The van der Waals surface area contributed by atoms with Crippen LogP contribution in [0.15, 0.2) is 463 Å². The van der Waals surface area contributed by atoms with E-state index in [2.05, 4.69) is 400 Å². The monoisotopic (exact) mass is 1820 g/mol. The van der Waals surface area contributed by atoms with Crippen LogP contribution in [0.5, 0.6) is 0 Å². The molecule has 19 rings (SSSR count). The summed E-state index contributed by atoms with van der Waals surface area (Å²) >= 11 is 15.4. The molecule has 5 heterocycles. The van der Waals surface area contributed by atoms with Crippen molar-refractivity contribution in [2.45, 2.75) is 38.9 Å². The van der Waals surface area contributed by atoms with Gasteiger partial charge in [0.2, 0.25) is 0 Å². The van der Waals surface area contributed by atoms with E-state index in [1.807, 2.05) is 88.4 Å². The molecule has 1 aliphatic rings. The van der Waals surface area contributed by atoms with E-state index in [9.17, 15) is 0 Å². The Balaban J connectivity index is 0.000000128. The fourth-order valence-electron chi connectivity index (χ4n) is 12.7. The van der Waals surface area contributed by atoms with Crippen LogP contribution in [0.25, 0.3) is 33.3 Å². The summed E-state index contributed by atoms with van der Waals surface area (Å²) in [7, 11) is -2.22. The summed E-state index contributed by atoms with van der Waals surface area (Å²) < 4.78 is 23.0. The van der Waals surface area contributed by atoms with Gasteiger partial charge in [0.05, 0.1) is 11.2 Å². The van der Waals surface area contributed by atoms with Crippen LogP contribution >= 0.6 is 70.8 Å². The molecule has 4 aromatic heterocycles. The molecule has 119 heavy (non-hydrogen) atoms. The van der Waals surface area contributed by atoms with Crippen molar-refractivity contribution in [3.05, 3.63) is 465 Å². The third-order valence-electron chi connectivity index (χ3n) is 19.2. The van der Waals surface area contributed by atoms with Gasteiger partial charge in [0.25, 0.3) is 0 Å². The summed E-state index contributed by atoms with van der Waals surface area (Å²) in [6.45, 7) is 8.04. The van der Waals surface area contributed by atoms with Crippen LogP contribution in [0, 0.1) is 0 Å². The average Bonchev–Trinajstić information content (AvgIpc) is 1.62. The first kappa shape index (κ1) is 88.0. The first-order valence-corrected chi connectivity index (χ1v) is 45.5. The zero-order valence-corrected chi connectivity index (χ0v) is 74.2. The summed E-state index contributed by atoms with van der Waals surface area (Å²) in [5.41, 5.74) is 5.25. The smallest absolute Gasteiger partial charge is 0.443 e. The van der Waals surface area contributed by atoms with E-state index < -0.39 is 38.8 Å². The number of rotatable bonds is 14. The summed E-state index contributed by atoms with van der Waals surface area (Å²) in [5.74, 6) is 0. The van der Waals surface area contributed by atoms with Crippen LogP contribution in [0.4, 0.5) is 0 Å². The maximum atomic E-state index is 6.03. The van der Waals surface area contributed by atoms with Crippen LogP contribution in [0.2, 0.25) is 10.3 Å². The third kappa shape index (κ3) is 24.7. The minimum Gasteiger partial charge on any atom is -0.443 e. The van der Waals surface area contributed by atoms with Gasteiger partial charge >= 0.3 is 7.12 Å². The summed E-state index contributed by atoms with van der Waals surface area (Å²) in [6, 6.07) is 148. The SMILES string of the molecule is Brc1ccc2ocnc2c1.CC1(C)OB(c2cccnc2Cl)OC1(C)C.Clc1ncccc1-c1ccc2ocnc2c1.[Pd].c1ccc(P(c2ccccc2)c2ccccc2)cc1.c1ccc(P(c2ccccc2)c2ccccc2)cc1.c1ccc(P(c2ccccc2)c2ccccc2)cc1.c1ccc(P(c2ccccc2)c2ccccc2)cc1. The summed E-state index contributed by atoms with van der Waals surface area (Å²) in [4.78, 5) is 16.2. The van der Waals surface area contributed by atoms with E-state index in [1.165, 1.54) is 76.4 Å². The fraction of sp³-hybridized carbons (Fsp3) is 0.0588. The minimum atomic E-state index is -0.446. The van der Waals surface area contributed by atoms with Crippen LogP contribution in [0.3, 0.4) is 0 Å². The van der Waals surface area contributed by atoms with Gasteiger partial charge in [0, 0.05) is 48.3 Å². The van der Waals surface area contributed by atoms with Crippen molar-refractivity contribution >= 4 is 169 Å². The molecular formula is C102H86BBrCl2N4O4P4Pd. The number of nitrogens with zero attached hydrogens (tertiary/aromatic N) is 4. The number of aromatic nitrogens is 4. The van der Waals surface area contributed by atoms with Gasteiger partial charge in [-0.1, -0.05) is 415 Å². The van der Waals surface area contributed by atoms with Gasteiger partial charge in [0.1, 0.15) is 21.3 Å². The predicted molar refractivity (Wildman–Crippen MR) is 510 cm³/mol. The van der Waals surface area contributed by atoms with Crippen molar-refractivity contribution in [1.29, 1.82) is 0 Å². The Hall–Kier alpha value is -10.3.